The Morgan fingerprint density at radius 2 is 1.46 bits per heavy atom. The van der Waals surface area contributed by atoms with Gasteiger partial charge in [0.1, 0.15) is 0 Å². The quantitative estimate of drug-likeness (QED) is 0.583. The molecule has 0 aliphatic carbocycles. The minimum absolute atomic E-state index is 0.0919. The number of aliphatic carboxylic acids is 2. The van der Waals surface area contributed by atoms with Gasteiger partial charge in [-0.2, -0.15) is 0 Å². The molecule has 0 radical (unpaired) electrons. The van der Waals surface area contributed by atoms with Crippen LogP contribution in [0.4, 0.5) is 0 Å². The molecule has 7 nitrogen and oxygen atoms in total. The van der Waals surface area contributed by atoms with Crippen molar-refractivity contribution >= 4 is 11.9 Å². The summed E-state index contributed by atoms with van der Waals surface area (Å²) in [5, 5.41) is 15.8. The zero-order valence-electron chi connectivity index (χ0n) is 15.7. The molecule has 1 rings (SSSR count). The van der Waals surface area contributed by atoms with E-state index < -0.39 is 11.9 Å². The second-order valence-electron chi connectivity index (χ2n) is 5.70. The molecule has 148 valence electrons. The summed E-state index contributed by atoms with van der Waals surface area (Å²) in [6.45, 7) is 8.62. The van der Waals surface area contributed by atoms with E-state index in [1.54, 1.807) is 0 Å². The van der Waals surface area contributed by atoms with Crippen LogP contribution in [0.1, 0.15) is 39.2 Å². The van der Waals surface area contributed by atoms with E-state index in [4.69, 9.17) is 24.4 Å². The molecule has 0 spiro atoms. The van der Waals surface area contributed by atoms with Crippen molar-refractivity contribution in [2.24, 2.45) is 0 Å². The Morgan fingerprint density at radius 1 is 0.923 bits per heavy atom. The Kier molecular flexibility index (Phi) is 14.2. The number of carbonyl (C=O) groups is 2. The van der Waals surface area contributed by atoms with Crippen molar-refractivity contribution in [2.45, 2.75) is 52.4 Å². The molecule has 1 aromatic carbocycles. The number of rotatable bonds is 12. The molecule has 0 saturated carbocycles. The van der Waals surface area contributed by atoms with Gasteiger partial charge in [-0.1, -0.05) is 30.3 Å². The molecule has 0 aliphatic rings. The summed E-state index contributed by atoms with van der Waals surface area (Å²) in [7, 11) is 0. The largest absolute Gasteiger partial charge is 0.481 e. The summed E-state index contributed by atoms with van der Waals surface area (Å²) in [5.74, 6) is -2.15. The van der Waals surface area contributed by atoms with Gasteiger partial charge >= 0.3 is 11.9 Å². The summed E-state index contributed by atoms with van der Waals surface area (Å²) in [5.41, 5.74) is 1.19. The summed E-state index contributed by atoms with van der Waals surface area (Å²) in [4.78, 5) is 19.3. The number of hydrogen-bond acceptors (Lipinski definition) is 5. The Bertz CT molecular complexity index is 476. The molecule has 2 N–H and O–H groups in total. The first-order chi connectivity index (χ1) is 12.3. The number of ether oxygens (including phenoxy) is 3. The molecule has 0 bridgehead atoms. The first kappa shape index (κ1) is 24.0. The number of benzene rings is 1. The fraction of sp³-hybridized carbons (Fsp3) is 0.579. The highest BCUT2D eigenvalue weighted by Gasteiger charge is 2.07. The molecule has 0 saturated heterocycles. The Hall–Kier alpha value is -1.96. The lowest BCUT2D eigenvalue weighted by Gasteiger charge is -2.17. The first-order valence-electron chi connectivity index (χ1n) is 8.63. The van der Waals surface area contributed by atoms with E-state index in [0.717, 1.165) is 6.61 Å². The molecule has 1 aromatic rings. The van der Waals surface area contributed by atoms with Gasteiger partial charge in [0.05, 0.1) is 44.9 Å². The number of carboxylic acids is 2. The molecule has 26 heavy (non-hydrogen) atoms. The molecule has 0 amide bonds. The van der Waals surface area contributed by atoms with Crippen molar-refractivity contribution in [3.63, 3.8) is 0 Å². The van der Waals surface area contributed by atoms with E-state index in [-0.39, 0.29) is 25.0 Å². The van der Waals surface area contributed by atoms with Crippen LogP contribution in [0, 0.1) is 0 Å². The first-order valence-corrected chi connectivity index (χ1v) is 8.63. The smallest absolute Gasteiger partial charge is 0.303 e. The van der Waals surface area contributed by atoms with Gasteiger partial charge in [-0.15, -0.1) is 0 Å². The third-order valence-corrected chi connectivity index (χ3v) is 3.10. The molecule has 2 unspecified atom stereocenters. The number of carboxylic acid groups (broad SMARTS) is 2. The lowest BCUT2D eigenvalue weighted by atomic mass is 10.2. The van der Waals surface area contributed by atoms with Crippen LogP contribution in [-0.4, -0.2) is 54.2 Å². The molecule has 0 aromatic heterocycles. The topological polar surface area (TPSA) is 102 Å². The zero-order valence-corrected chi connectivity index (χ0v) is 15.7. The standard InChI is InChI=1S/C15H24O3.C4H6O4/c1-4-16-10-13(2)17-11-14(3)18-12-15-8-6-5-7-9-15;5-3(6)1-2-4(7)8/h5-9,13-14H,4,10-12H2,1-3H3;1-2H2,(H,5,6)(H,7,8). The van der Waals surface area contributed by atoms with Crippen molar-refractivity contribution in [1.82, 2.24) is 0 Å². The third kappa shape index (κ3) is 15.6. The predicted molar refractivity (Wildman–Crippen MR) is 97.1 cm³/mol. The van der Waals surface area contributed by atoms with Gasteiger partial charge < -0.3 is 24.4 Å². The number of hydrogen-bond donors (Lipinski definition) is 2. The highest BCUT2D eigenvalue weighted by molar-refractivity contribution is 5.75. The van der Waals surface area contributed by atoms with Crippen molar-refractivity contribution in [1.29, 1.82) is 0 Å². The van der Waals surface area contributed by atoms with Crippen LogP contribution in [0.15, 0.2) is 30.3 Å². The molecule has 0 aliphatic heterocycles. The van der Waals surface area contributed by atoms with E-state index >= 15 is 0 Å². The molecular formula is C19H30O7. The lowest BCUT2D eigenvalue weighted by Crippen LogP contribution is -2.23. The van der Waals surface area contributed by atoms with Gasteiger partial charge in [0.15, 0.2) is 0 Å². The molecule has 0 fully saturated rings. The zero-order chi connectivity index (χ0) is 19.8. The monoisotopic (exact) mass is 370 g/mol. The van der Waals surface area contributed by atoms with Crippen LogP contribution < -0.4 is 0 Å². The average Bonchev–Trinajstić information content (AvgIpc) is 2.62. The van der Waals surface area contributed by atoms with Gasteiger partial charge in [-0.25, -0.2) is 0 Å². The van der Waals surface area contributed by atoms with Gasteiger partial charge in [-0.3, -0.25) is 9.59 Å². The maximum absolute atomic E-state index is 9.64. The van der Waals surface area contributed by atoms with E-state index in [1.165, 1.54) is 5.56 Å². The summed E-state index contributed by atoms with van der Waals surface area (Å²) >= 11 is 0. The van der Waals surface area contributed by atoms with E-state index in [2.05, 4.69) is 12.1 Å². The van der Waals surface area contributed by atoms with Gasteiger partial charge in [0.2, 0.25) is 0 Å². The van der Waals surface area contributed by atoms with Crippen molar-refractivity contribution < 1.29 is 34.0 Å². The molecular weight excluding hydrogens is 340 g/mol. The fourth-order valence-corrected chi connectivity index (χ4v) is 1.71. The van der Waals surface area contributed by atoms with Gasteiger partial charge in [0, 0.05) is 6.61 Å². The second kappa shape index (κ2) is 15.3. The molecule has 2 atom stereocenters. The maximum Gasteiger partial charge on any atom is 0.303 e. The van der Waals surface area contributed by atoms with Gasteiger partial charge in [-0.05, 0) is 26.3 Å². The molecule has 7 heteroatoms. The fourth-order valence-electron chi connectivity index (χ4n) is 1.71. The van der Waals surface area contributed by atoms with Crippen LogP contribution >= 0.6 is 0 Å². The maximum atomic E-state index is 9.64. The Balaban J connectivity index is 0.000000660. The van der Waals surface area contributed by atoms with Gasteiger partial charge in [0.25, 0.3) is 0 Å². The Labute approximate surface area is 154 Å². The van der Waals surface area contributed by atoms with Crippen molar-refractivity contribution in [3.05, 3.63) is 35.9 Å². The predicted octanol–water partition coefficient (Wildman–Crippen LogP) is 2.97. The lowest BCUT2D eigenvalue weighted by molar-refractivity contribution is -0.143. The van der Waals surface area contributed by atoms with Crippen LogP contribution in [-0.2, 0) is 30.4 Å². The highest BCUT2D eigenvalue weighted by atomic mass is 16.6. The van der Waals surface area contributed by atoms with E-state index in [1.807, 2.05) is 39.0 Å². The van der Waals surface area contributed by atoms with E-state index in [9.17, 15) is 9.59 Å². The van der Waals surface area contributed by atoms with Crippen molar-refractivity contribution in [3.8, 4) is 0 Å². The van der Waals surface area contributed by atoms with Crippen molar-refractivity contribution in [2.75, 3.05) is 19.8 Å². The normalized spacial score (nSPS) is 12.6. The summed E-state index contributed by atoms with van der Waals surface area (Å²) in [6, 6.07) is 10.2. The van der Waals surface area contributed by atoms with Crippen LogP contribution in [0.5, 0.6) is 0 Å². The Morgan fingerprint density at radius 3 is 1.96 bits per heavy atom. The third-order valence-electron chi connectivity index (χ3n) is 3.10. The highest BCUT2D eigenvalue weighted by Crippen LogP contribution is 2.04. The summed E-state index contributed by atoms with van der Waals surface area (Å²) < 4.78 is 16.7. The van der Waals surface area contributed by atoms with Crippen LogP contribution in [0.25, 0.3) is 0 Å². The average molecular weight is 370 g/mol. The minimum Gasteiger partial charge on any atom is -0.481 e. The minimum atomic E-state index is -1.08. The second-order valence-corrected chi connectivity index (χ2v) is 5.70. The van der Waals surface area contributed by atoms with Crippen LogP contribution in [0.2, 0.25) is 0 Å². The SMILES string of the molecule is CCOCC(C)OCC(C)OCc1ccccc1.O=C(O)CCC(=O)O. The van der Waals surface area contributed by atoms with E-state index in [0.29, 0.717) is 19.8 Å². The molecule has 0 heterocycles. The summed E-state index contributed by atoms with van der Waals surface area (Å²) in [6.07, 6.45) is -0.382. The van der Waals surface area contributed by atoms with Crippen LogP contribution in [0.3, 0.4) is 0 Å².